The normalized spacial score (nSPS) is 12.2. The Balaban J connectivity index is 1.58. The van der Waals surface area contributed by atoms with Gasteiger partial charge < -0.3 is 15.4 Å². The van der Waals surface area contributed by atoms with Crippen molar-refractivity contribution >= 4 is 33.3 Å². The monoisotopic (exact) mass is 499 g/mol. The van der Waals surface area contributed by atoms with E-state index in [0.29, 0.717) is 5.13 Å². The van der Waals surface area contributed by atoms with E-state index in [9.17, 15) is 14.3 Å². The largest absolute Gasteiger partial charge is 0.481 e. The molecule has 7 heteroatoms. The van der Waals surface area contributed by atoms with Crippen LogP contribution in [-0.4, -0.2) is 27.1 Å². The average Bonchev–Trinajstić information content (AvgIpc) is 3.51. The molecule has 0 amide bonds. The number of nitrogens with one attached hydrogen (secondary N) is 2. The molecule has 0 saturated heterocycles. The molecule has 2 aromatic heterocycles. The van der Waals surface area contributed by atoms with E-state index < -0.39 is 5.97 Å². The molecule has 5 nitrogen and oxygen atoms in total. The molecule has 182 valence electrons. The standard InChI is InChI=1S/C29H26FN3O2S/c1-17(2)25(16-26(34)35)32-29-33-27(28(36-29)23-4-3-5-24-22(23)14-15-31-24)20-8-6-18(7-9-20)19-10-12-21(30)13-11-19/h3-15,17,25,31H,16H2,1-2H3,(H,32,33)(H,34,35). The van der Waals surface area contributed by atoms with Crippen LogP contribution in [0.2, 0.25) is 0 Å². The summed E-state index contributed by atoms with van der Waals surface area (Å²) in [6.07, 6.45) is 1.94. The molecule has 1 unspecified atom stereocenters. The number of anilines is 1. The molecule has 0 radical (unpaired) electrons. The van der Waals surface area contributed by atoms with E-state index in [1.165, 1.54) is 23.5 Å². The minimum Gasteiger partial charge on any atom is -0.481 e. The summed E-state index contributed by atoms with van der Waals surface area (Å²) in [4.78, 5) is 20.6. The number of carboxylic acid groups (broad SMARTS) is 1. The first-order valence-corrected chi connectivity index (χ1v) is 12.6. The van der Waals surface area contributed by atoms with Gasteiger partial charge in [-0.1, -0.05) is 73.7 Å². The third-order valence-electron chi connectivity index (χ3n) is 6.31. The number of aromatic amines is 1. The summed E-state index contributed by atoms with van der Waals surface area (Å²) in [6.45, 7) is 4.01. The molecule has 2 heterocycles. The van der Waals surface area contributed by atoms with Crippen LogP contribution in [0.5, 0.6) is 0 Å². The van der Waals surface area contributed by atoms with Gasteiger partial charge in [0.25, 0.3) is 0 Å². The zero-order valence-electron chi connectivity index (χ0n) is 20.0. The SMILES string of the molecule is CC(C)C(CC(=O)O)Nc1nc(-c2ccc(-c3ccc(F)cc3)cc2)c(-c2cccc3[nH]ccc23)s1. The smallest absolute Gasteiger partial charge is 0.305 e. The quantitative estimate of drug-likeness (QED) is 0.205. The van der Waals surface area contributed by atoms with Crippen molar-refractivity contribution in [3.63, 3.8) is 0 Å². The molecule has 0 bridgehead atoms. The highest BCUT2D eigenvalue weighted by molar-refractivity contribution is 7.19. The first-order chi connectivity index (χ1) is 17.4. The third kappa shape index (κ3) is 4.88. The van der Waals surface area contributed by atoms with Crippen LogP contribution >= 0.6 is 11.3 Å². The summed E-state index contributed by atoms with van der Waals surface area (Å²) in [5, 5.41) is 14.5. The predicted molar refractivity (Wildman–Crippen MR) is 145 cm³/mol. The molecule has 0 aliphatic rings. The van der Waals surface area contributed by atoms with E-state index in [1.807, 2.05) is 56.4 Å². The maximum atomic E-state index is 13.3. The van der Waals surface area contributed by atoms with E-state index in [0.717, 1.165) is 43.7 Å². The number of hydrogen-bond donors (Lipinski definition) is 3. The lowest BCUT2D eigenvalue weighted by atomic mass is 10.0. The van der Waals surface area contributed by atoms with Crippen molar-refractivity contribution in [3.8, 4) is 32.8 Å². The van der Waals surface area contributed by atoms with Crippen LogP contribution in [0.1, 0.15) is 20.3 Å². The Morgan fingerprint density at radius 3 is 2.33 bits per heavy atom. The second kappa shape index (κ2) is 9.95. The van der Waals surface area contributed by atoms with Crippen LogP contribution in [0, 0.1) is 11.7 Å². The summed E-state index contributed by atoms with van der Waals surface area (Å²) in [6, 6.07) is 22.5. The number of benzene rings is 3. The lowest BCUT2D eigenvalue weighted by Crippen LogP contribution is -2.28. The first kappa shape index (κ1) is 23.8. The van der Waals surface area contributed by atoms with Crippen LogP contribution in [0.25, 0.3) is 43.7 Å². The van der Waals surface area contributed by atoms with E-state index >= 15 is 0 Å². The van der Waals surface area contributed by atoms with Gasteiger partial charge in [0, 0.05) is 34.3 Å². The number of aliphatic carboxylic acids is 1. The van der Waals surface area contributed by atoms with Crippen LogP contribution < -0.4 is 5.32 Å². The van der Waals surface area contributed by atoms with E-state index in [-0.39, 0.29) is 24.2 Å². The summed E-state index contributed by atoms with van der Waals surface area (Å²) in [5.74, 6) is -0.976. The van der Waals surface area contributed by atoms with E-state index in [2.05, 4.69) is 22.4 Å². The number of rotatable bonds is 8. The summed E-state index contributed by atoms with van der Waals surface area (Å²) >= 11 is 1.53. The second-order valence-electron chi connectivity index (χ2n) is 9.12. The third-order valence-corrected chi connectivity index (χ3v) is 7.33. The number of carbonyl (C=O) groups is 1. The molecular formula is C29H26FN3O2S. The van der Waals surface area contributed by atoms with Crippen molar-refractivity contribution in [2.45, 2.75) is 26.3 Å². The number of carboxylic acids is 1. The van der Waals surface area contributed by atoms with Gasteiger partial charge in [0.1, 0.15) is 5.82 Å². The van der Waals surface area contributed by atoms with Gasteiger partial charge >= 0.3 is 5.97 Å². The Morgan fingerprint density at radius 1 is 1.00 bits per heavy atom. The Labute approximate surface area is 212 Å². The molecule has 3 aromatic carbocycles. The molecule has 0 fully saturated rings. The highest BCUT2D eigenvalue weighted by Gasteiger charge is 2.22. The highest BCUT2D eigenvalue weighted by atomic mass is 32.1. The van der Waals surface area contributed by atoms with Crippen molar-refractivity contribution in [1.82, 2.24) is 9.97 Å². The minimum absolute atomic E-state index is 0.0155. The Hall–Kier alpha value is -3.97. The molecule has 36 heavy (non-hydrogen) atoms. The molecule has 0 saturated carbocycles. The van der Waals surface area contributed by atoms with Gasteiger partial charge in [-0.05, 0) is 41.3 Å². The zero-order chi connectivity index (χ0) is 25.2. The number of aromatic nitrogens is 2. The highest BCUT2D eigenvalue weighted by Crippen LogP contribution is 2.42. The Bertz CT molecular complexity index is 1500. The van der Waals surface area contributed by atoms with Gasteiger partial charge in [-0.15, -0.1) is 0 Å². The summed E-state index contributed by atoms with van der Waals surface area (Å²) in [5.41, 5.74) is 5.82. The fourth-order valence-electron chi connectivity index (χ4n) is 4.31. The number of nitrogens with zero attached hydrogens (tertiary/aromatic N) is 1. The van der Waals surface area contributed by atoms with E-state index in [4.69, 9.17) is 4.98 Å². The molecule has 5 rings (SSSR count). The average molecular weight is 500 g/mol. The van der Waals surface area contributed by atoms with Gasteiger partial charge in [-0.3, -0.25) is 4.79 Å². The van der Waals surface area contributed by atoms with E-state index in [1.54, 1.807) is 12.1 Å². The summed E-state index contributed by atoms with van der Waals surface area (Å²) in [7, 11) is 0. The van der Waals surface area contributed by atoms with Crippen molar-refractivity contribution in [2.75, 3.05) is 5.32 Å². The molecule has 1 atom stereocenters. The molecule has 0 aliphatic carbocycles. The van der Waals surface area contributed by atoms with Crippen LogP contribution in [-0.2, 0) is 4.79 Å². The second-order valence-corrected chi connectivity index (χ2v) is 10.1. The topological polar surface area (TPSA) is 78.0 Å². The maximum absolute atomic E-state index is 13.3. The lowest BCUT2D eigenvalue weighted by molar-refractivity contribution is -0.137. The molecule has 5 aromatic rings. The van der Waals surface area contributed by atoms with Gasteiger partial charge in [0.2, 0.25) is 0 Å². The van der Waals surface area contributed by atoms with Crippen LogP contribution in [0.15, 0.2) is 79.0 Å². The minimum atomic E-state index is -0.841. The molecule has 0 aliphatic heterocycles. The molecule has 3 N–H and O–H groups in total. The maximum Gasteiger partial charge on any atom is 0.305 e. The number of H-pyrrole nitrogens is 1. The first-order valence-electron chi connectivity index (χ1n) is 11.8. The lowest BCUT2D eigenvalue weighted by Gasteiger charge is -2.19. The molecular weight excluding hydrogens is 473 g/mol. The van der Waals surface area contributed by atoms with Gasteiger partial charge in [0.15, 0.2) is 5.13 Å². The fraction of sp³-hybridized carbons (Fsp3) is 0.172. The summed E-state index contributed by atoms with van der Waals surface area (Å²) < 4.78 is 13.3. The number of halogens is 1. The predicted octanol–water partition coefficient (Wildman–Crippen LogP) is 7.68. The number of hydrogen-bond acceptors (Lipinski definition) is 4. The van der Waals surface area contributed by atoms with Crippen molar-refractivity contribution in [2.24, 2.45) is 5.92 Å². The zero-order valence-corrected chi connectivity index (χ0v) is 20.8. The van der Waals surface area contributed by atoms with Crippen LogP contribution in [0.4, 0.5) is 9.52 Å². The van der Waals surface area contributed by atoms with Crippen molar-refractivity contribution < 1.29 is 14.3 Å². The fourth-order valence-corrected chi connectivity index (χ4v) is 5.40. The number of fused-ring (bicyclic) bond motifs is 1. The Morgan fingerprint density at radius 2 is 1.67 bits per heavy atom. The van der Waals surface area contributed by atoms with Gasteiger partial charge in [0.05, 0.1) is 17.0 Å². The Kier molecular flexibility index (Phi) is 6.57. The number of thiazole rings is 1. The van der Waals surface area contributed by atoms with Gasteiger partial charge in [-0.25, -0.2) is 9.37 Å². The van der Waals surface area contributed by atoms with Crippen LogP contribution in [0.3, 0.4) is 0 Å². The van der Waals surface area contributed by atoms with Gasteiger partial charge in [-0.2, -0.15) is 0 Å². The molecule has 0 spiro atoms. The van der Waals surface area contributed by atoms with Crippen molar-refractivity contribution in [1.29, 1.82) is 0 Å². The van der Waals surface area contributed by atoms with Crippen molar-refractivity contribution in [3.05, 3.63) is 84.8 Å².